The minimum atomic E-state index is -0.468. The minimum Gasteiger partial charge on any atom is -0.381 e. The van der Waals surface area contributed by atoms with Gasteiger partial charge in [0.15, 0.2) is 5.65 Å². The van der Waals surface area contributed by atoms with Gasteiger partial charge in [-0.2, -0.15) is 4.98 Å². The largest absolute Gasteiger partial charge is 0.381 e. The minimum absolute atomic E-state index is 0.0281. The Bertz CT molecular complexity index is 1240. The van der Waals surface area contributed by atoms with Gasteiger partial charge in [-0.1, -0.05) is 11.6 Å². The van der Waals surface area contributed by atoms with Gasteiger partial charge in [-0.25, -0.2) is 14.4 Å². The van der Waals surface area contributed by atoms with Crippen LogP contribution in [0.2, 0.25) is 5.02 Å². The molecule has 3 heterocycles. The topological polar surface area (TPSA) is 120 Å². The SMILES string of the molecule is Cc1cc(Nc2nc3cnc(NC4CCOCC4)nc3n2[C@H]2CC[C@H](C(N)=O)CC2)c(F)cc1Cl. The summed E-state index contributed by atoms with van der Waals surface area (Å²) in [6.45, 7) is 3.24. The second-order valence-electron chi connectivity index (χ2n) is 9.35. The highest BCUT2D eigenvalue weighted by atomic mass is 35.5. The Morgan fingerprint density at radius 1 is 1.17 bits per heavy atom. The van der Waals surface area contributed by atoms with Crippen LogP contribution in [0, 0.1) is 18.7 Å². The Kier molecular flexibility index (Phi) is 6.75. The summed E-state index contributed by atoms with van der Waals surface area (Å²) in [5, 5.41) is 6.92. The van der Waals surface area contributed by atoms with E-state index in [-0.39, 0.29) is 29.6 Å². The van der Waals surface area contributed by atoms with Crippen molar-refractivity contribution < 1.29 is 13.9 Å². The highest BCUT2D eigenvalue weighted by molar-refractivity contribution is 6.31. The number of nitrogens with one attached hydrogen (secondary N) is 2. The number of nitrogens with zero attached hydrogens (tertiary/aromatic N) is 4. The fourth-order valence-electron chi connectivity index (χ4n) is 4.91. The van der Waals surface area contributed by atoms with Crippen molar-refractivity contribution in [2.24, 2.45) is 11.7 Å². The lowest BCUT2D eigenvalue weighted by Gasteiger charge is -2.29. The molecule has 0 spiro atoms. The van der Waals surface area contributed by atoms with Crippen LogP contribution in [0.5, 0.6) is 0 Å². The Balaban J connectivity index is 1.51. The van der Waals surface area contributed by atoms with Gasteiger partial charge in [0.25, 0.3) is 0 Å². The van der Waals surface area contributed by atoms with Crippen molar-refractivity contribution in [2.45, 2.75) is 57.5 Å². The quantitative estimate of drug-likeness (QED) is 0.455. The molecule has 0 radical (unpaired) electrons. The number of carbonyl (C=O) groups is 1. The summed E-state index contributed by atoms with van der Waals surface area (Å²) in [6.07, 6.45) is 6.31. The van der Waals surface area contributed by atoms with E-state index < -0.39 is 5.82 Å². The molecule has 1 saturated carbocycles. The number of hydrogen-bond acceptors (Lipinski definition) is 7. The van der Waals surface area contributed by atoms with E-state index in [2.05, 4.69) is 15.6 Å². The number of anilines is 3. The maximum Gasteiger partial charge on any atom is 0.224 e. The monoisotopic (exact) mass is 501 g/mol. The van der Waals surface area contributed by atoms with E-state index in [0.717, 1.165) is 31.2 Å². The summed E-state index contributed by atoms with van der Waals surface area (Å²) in [7, 11) is 0. The average molecular weight is 502 g/mol. The average Bonchev–Trinajstić information content (AvgIpc) is 3.20. The van der Waals surface area contributed by atoms with Gasteiger partial charge in [0, 0.05) is 36.2 Å². The van der Waals surface area contributed by atoms with Gasteiger partial charge in [-0.3, -0.25) is 9.36 Å². The number of nitrogens with two attached hydrogens (primary N) is 1. The number of hydrogen-bond donors (Lipinski definition) is 3. The van der Waals surface area contributed by atoms with Gasteiger partial charge >= 0.3 is 0 Å². The maximum absolute atomic E-state index is 14.7. The highest BCUT2D eigenvalue weighted by Crippen LogP contribution is 2.37. The van der Waals surface area contributed by atoms with Crippen LogP contribution < -0.4 is 16.4 Å². The van der Waals surface area contributed by atoms with Gasteiger partial charge in [0.1, 0.15) is 11.3 Å². The number of aryl methyl sites for hydroxylation is 1. The predicted molar refractivity (Wildman–Crippen MR) is 132 cm³/mol. The lowest BCUT2D eigenvalue weighted by atomic mass is 9.85. The Morgan fingerprint density at radius 3 is 2.63 bits per heavy atom. The van der Waals surface area contributed by atoms with E-state index in [0.29, 0.717) is 54.1 Å². The van der Waals surface area contributed by atoms with Crippen LogP contribution in [0.3, 0.4) is 0 Å². The number of halogens is 2. The van der Waals surface area contributed by atoms with Crippen LogP contribution in [0.15, 0.2) is 18.3 Å². The Labute approximate surface area is 207 Å². The molecule has 2 aliphatic rings. The Hall–Kier alpha value is -2.98. The molecule has 1 aromatic carbocycles. The fourth-order valence-corrected chi connectivity index (χ4v) is 5.06. The molecule has 2 aromatic heterocycles. The smallest absolute Gasteiger partial charge is 0.224 e. The van der Waals surface area contributed by atoms with Gasteiger partial charge in [0.2, 0.25) is 17.8 Å². The molecule has 1 saturated heterocycles. The van der Waals surface area contributed by atoms with Gasteiger partial charge in [-0.15, -0.1) is 0 Å². The van der Waals surface area contributed by atoms with E-state index in [9.17, 15) is 9.18 Å². The molecule has 3 aromatic rings. The number of aromatic nitrogens is 4. The lowest BCUT2D eigenvalue weighted by molar-refractivity contribution is -0.122. The first-order valence-electron chi connectivity index (χ1n) is 12.0. The standard InChI is InChI=1S/C24H29ClFN7O2/c1-13-10-19(18(26)11-17(13)25)30-24-31-20-12-28-23(29-15-6-8-35-9-7-15)32-22(20)33(24)16-4-2-14(3-5-16)21(27)34/h10-12,14-16H,2-9H2,1H3,(H2,27,34)(H,30,31)(H,28,29,32)/t14-,16-. The zero-order valence-electron chi connectivity index (χ0n) is 19.6. The summed E-state index contributed by atoms with van der Waals surface area (Å²) in [4.78, 5) is 25.7. The number of amides is 1. The van der Waals surface area contributed by atoms with Crippen LogP contribution in [-0.2, 0) is 9.53 Å². The molecule has 0 unspecified atom stereocenters. The molecule has 11 heteroatoms. The zero-order chi connectivity index (χ0) is 24.5. The third-order valence-electron chi connectivity index (χ3n) is 6.95. The molecular weight excluding hydrogens is 473 g/mol. The first-order chi connectivity index (χ1) is 16.9. The number of rotatable bonds is 6. The van der Waals surface area contributed by atoms with E-state index >= 15 is 0 Å². The fraction of sp³-hybridized carbons (Fsp3) is 0.500. The molecule has 0 bridgehead atoms. The summed E-state index contributed by atoms with van der Waals surface area (Å²) in [5.41, 5.74) is 7.84. The summed E-state index contributed by atoms with van der Waals surface area (Å²) in [5.74, 6) is 0.136. The molecule has 1 aliphatic carbocycles. The van der Waals surface area contributed by atoms with Gasteiger partial charge < -0.3 is 21.1 Å². The molecule has 1 amide bonds. The molecule has 2 fully saturated rings. The number of primary amides is 1. The van der Waals surface area contributed by atoms with Crippen LogP contribution in [-0.4, -0.2) is 44.7 Å². The molecule has 1 aliphatic heterocycles. The van der Waals surface area contributed by atoms with E-state index in [4.69, 9.17) is 32.0 Å². The molecule has 4 N–H and O–H groups in total. The molecule has 5 rings (SSSR count). The van der Waals surface area contributed by atoms with Crippen molar-refractivity contribution in [3.05, 3.63) is 34.7 Å². The van der Waals surface area contributed by atoms with Crippen LogP contribution in [0.1, 0.15) is 50.1 Å². The van der Waals surface area contributed by atoms with Crippen molar-refractivity contribution >= 4 is 46.3 Å². The lowest BCUT2D eigenvalue weighted by Crippen LogP contribution is -2.29. The number of fused-ring (bicyclic) bond motifs is 1. The first kappa shape index (κ1) is 23.7. The second-order valence-corrected chi connectivity index (χ2v) is 9.76. The van der Waals surface area contributed by atoms with E-state index in [1.807, 2.05) is 11.5 Å². The third-order valence-corrected chi connectivity index (χ3v) is 7.35. The maximum atomic E-state index is 14.7. The molecule has 186 valence electrons. The number of benzene rings is 1. The zero-order valence-corrected chi connectivity index (χ0v) is 20.3. The van der Waals surface area contributed by atoms with Crippen LogP contribution in [0.4, 0.5) is 22.0 Å². The summed E-state index contributed by atoms with van der Waals surface area (Å²) >= 11 is 6.08. The van der Waals surface area contributed by atoms with Gasteiger partial charge in [0.05, 0.1) is 11.9 Å². The second kappa shape index (κ2) is 9.94. The van der Waals surface area contributed by atoms with Crippen molar-refractivity contribution in [2.75, 3.05) is 23.8 Å². The van der Waals surface area contributed by atoms with Crippen LogP contribution in [0.25, 0.3) is 11.2 Å². The number of carbonyl (C=O) groups excluding carboxylic acids is 1. The predicted octanol–water partition coefficient (Wildman–Crippen LogP) is 4.48. The molecule has 9 nitrogen and oxygen atoms in total. The van der Waals surface area contributed by atoms with Crippen LogP contribution >= 0.6 is 11.6 Å². The van der Waals surface area contributed by atoms with Crippen molar-refractivity contribution in [3.63, 3.8) is 0 Å². The number of imidazole rings is 1. The Morgan fingerprint density at radius 2 is 1.91 bits per heavy atom. The summed E-state index contributed by atoms with van der Waals surface area (Å²) in [6, 6.07) is 3.22. The van der Waals surface area contributed by atoms with E-state index in [1.54, 1.807) is 12.3 Å². The molecule has 0 atom stereocenters. The normalized spacial score (nSPS) is 21.2. The van der Waals surface area contributed by atoms with Crippen molar-refractivity contribution in [3.8, 4) is 0 Å². The van der Waals surface area contributed by atoms with E-state index in [1.165, 1.54) is 6.07 Å². The highest BCUT2D eigenvalue weighted by Gasteiger charge is 2.29. The van der Waals surface area contributed by atoms with Crippen molar-refractivity contribution in [1.29, 1.82) is 0 Å². The summed E-state index contributed by atoms with van der Waals surface area (Å²) < 4.78 is 22.2. The van der Waals surface area contributed by atoms with Gasteiger partial charge in [-0.05, 0) is 63.1 Å². The molecule has 35 heavy (non-hydrogen) atoms. The number of ether oxygens (including phenoxy) is 1. The first-order valence-corrected chi connectivity index (χ1v) is 12.4. The third kappa shape index (κ3) is 5.04. The van der Waals surface area contributed by atoms with Crippen molar-refractivity contribution in [1.82, 2.24) is 19.5 Å². The molecular formula is C24H29ClFN7O2.